The number of hydrogen-bond acceptors (Lipinski definition) is 3. The van der Waals surface area contributed by atoms with E-state index in [4.69, 9.17) is 11.2 Å². The zero-order valence-corrected chi connectivity index (χ0v) is 16.9. The summed E-state index contributed by atoms with van der Waals surface area (Å²) in [6.45, 7) is 1.44. The van der Waals surface area contributed by atoms with Crippen LogP contribution >= 0.6 is 0 Å². The lowest BCUT2D eigenvalue weighted by Crippen LogP contribution is -2.32. The number of terminal acetylenes is 1. The van der Waals surface area contributed by atoms with E-state index in [0.717, 1.165) is 33.3 Å². The minimum absolute atomic E-state index is 0.0497. The van der Waals surface area contributed by atoms with E-state index in [2.05, 4.69) is 29.1 Å². The topological polar surface area (TPSA) is 42.4 Å². The molecule has 1 amide bonds. The molecule has 0 fully saturated rings. The van der Waals surface area contributed by atoms with E-state index in [0.29, 0.717) is 30.8 Å². The number of pyridine rings is 1. The van der Waals surface area contributed by atoms with Crippen molar-refractivity contribution >= 4 is 16.8 Å². The van der Waals surface area contributed by atoms with Gasteiger partial charge in [0.1, 0.15) is 12.4 Å². The Morgan fingerprint density at radius 1 is 1.00 bits per heavy atom. The van der Waals surface area contributed by atoms with E-state index in [1.807, 2.05) is 53.6 Å². The smallest absolute Gasteiger partial charge is 0.254 e. The third-order valence-corrected chi connectivity index (χ3v) is 5.53. The van der Waals surface area contributed by atoms with Crippen LogP contribution in [-0.2, 0) is 6.54 Å². The molecule has 2 heterocycles. The summed E-state index contributed by atoms with van der Waals surface area (Å²) in [5.41, 5.74) is 5.31. The number of nitrogens with zero attached hydrogens (tertiary/aromatic N) is 2. The highest BCUT2D eigenvalue weighted by atomic mass is 16.5. The van der Waals surface area contributed by atoms with Crippen LogP contribution in [0.15, 0.2) is 79.0 Å². The Morgan fingerprint density at radius 2 is 1.90 bits per heavy atom. The first-order valence-electron chi connectivity index (χ1n) is 10.2. The SMILES string of the molecule is C#Cc1cccc(C(=O)N2CCOc3ccc(-c4cnc5ccccc5c4)cc3C2)c1. The largest absolute Gasteiger partial charge is 0.491 e. The van der Waals surface area contributed by atoms with Crippen LogP contribution in [0.1, 0.15) is 21.5 Å². The van der Waals surface area contributed by atoms with E-state index >= 15 is 0 Å². The molecule has 4 nitrogen and oxygen atoms in total. The number of carbonyl (C=O) groups is 1. The molecule has 0 radical (unpaired) electrons. The highest BCUT2D eigenvalue weighted by Crippen LogP contribution is 2.30. The van der Waals surface area contributed by atoms with Crippen molar-refractivity contribution < 1.29 is 9.53 Å². The predicted molar refractivity (Wildman–Crippen MR) is 122 cm³/mol. The molecule has 5 rings (SSSR count). The monoisotopic (exact) mass is 404 g/mol. The van der Waals surface area contributed by atoms with Crippen LogP contribution in [0.3, 0.4) is 0 Å². The molecule has 31 heavy (non-hydrogen) atoms. The summed E-state index contributed by atoms with van der Waals surface area (Å²) in [6, 6.07) is 23.5. The molecule has 0 spiro atoms. The number of amides is 1. The third kappa shape index (κ3) is 3.74. The van der Waals surface area contributed by atoms with Crippen molar-refractivity contribution in [2.24, 2.45) is 0 Å². The molecule has 4 heteroatoms. The Hall–Kier alpha value is -4.10. The Bertz CT molecular complexity index is 1340. The molecule has 1 aliphatic heterocycles. The number of aromatic nitrogens is 1. The summed E-state index contributed by atoms with van der Waals surface area (Å²) in [5, 5.41) is 1.09. The van der Waals surface area contributed by atoms with Gasteiger partial charge in [0.2, 0.25) is 0 Å². The predicted octanol–water partition coefficient (Wildman–Crippen LogP) is 4.92. The summed E-state index contributed by atoms with van der Waals surface area (Å²) in [6.07, 6.45) is 7.38. The van der Waals surface area contributed by atoms with Crippen molar-refractivity contribution in [3.8, 4) is 29.2 Å². The van der Waals surface area contributed by atoms with Gasteiger partial charge in [-0.05, 0) is 48.0 Å². The highest BCUT2D eigenvalue weighted by Gasteiger charge is 2.21. The Kier molecular flexibility index (Phi) is 4.86. The molecule has 1 aliphatic rings. The molecule has 0 bridgehead atoms. The second-order valence-electron chi connectivity index (χ2n) is 7.54. The summed E-state index contributed by atoms with van der Waals surface area (Å²) in [5.74, 6) is 3.35. The molecular weight excluding hydrogens is 384 g/mol. The minimum Gasteiger partial charge on any atom is -0.491 e. The van der Waals surface area contributed by atoms with Crippen LogP contribution < -0.4 is 4.74 Å². The van der Waals surface area contributed by atoms with E-state index in [1.165, 1.54) is 0 Å². The van der Waals surface area contributed by atoms with Crippen molar-refractivity contribution in [1.82, 2.24) is 9.88 Å². The van der Waals surface area contributed by atoms with Crippen molar-refractivity contribution in [3.05, 3.63) is 95.7 Å². The molecule has 0 N–H and O–H groups in total. The first-order valence-corrected chi connectivity index (χ1v) is 10.2. The maximum Gasteiger partial charge on any atom is 0.254 e. The first kappa shape index (κ1) is 18.9. The quantitative estimate of drug-likeness (QED) is 0.446. The van der Waals surface area contributed by atoms with Gasteiger partial charge in [0.05, 0.1) is 12.1 Å². The van der Waals surface area contributed by atoms with Gasteiger partial charge in [0.25, 0.3) is 5.91 Å². The van der Waals surface area contributed by atoms with Crippen LogP contribution in [-0.4, -0.2) is 28.9 Å². The number of para-hydroxylation sites is 1. The van der Waals surface area contributed by atoms with Crippen molar-refractivity contribution in [3.63, 3.8) is 0 Å². The first-order chi connectivity index (χ1) is 15.2. The second-order valence-corrected chi connectivity index (χ2v) is 7.54. The van der Waals surface area contributed by atoms with Gasteiger partial charge in [0.15, 0.2) is 0 Å². The van der Waals surface area contributed by atoms with Gasteiger partial charge in [0, 0.05) is 40.4 Å². The molecule has 1 aromatic heterocycles. The molecule has 150 valence electrons. The minimum atomic E-state index is -0.0497. The van der Waals surface area contributed by atoms with Crippen molar-refractivity contribution in [2.75, 3.05) is 13.2 Å². The molecule has 4 aromatic rings. The van der Waals surface area contributed by atoms with Gasteiger partial charge in [-0.2, -0.15) is 0 Å². The van der Waals surface area contributed by atoms with Crippen LogP contribution in [0.4, 0.5) is 0 Å². The number of fused-ring (bicyclic) bond motifs is 2. The average Bonchev–Trinajstić information content (AvgIpc) is 3.05. The zero-order chi connectivity index (χ0) is 21.2. The highest BCUT2D eigenvalue weighted by molar-refractivity contribution is 5.94. The van der Waals surface area contributed by atoms with Gasteiger partial charge < -0.3 is 9.64 Å². The fourth-order valence-corrected chi connectivity index (χ4v) is 3.90. The summed E-state index contributed by atoms with van der Waals surface area (Å²) < 4.78 is 5.93. The number of benzene rings is 3. The second kappa shape index (κ2) is 7.97. The van der Waals surface area contributed by atoms with Crippen LogP contribution in [0.5, 0.6) is 5.75 Å². The molecule has 0 aliphatic carbocycles. The van der Waals surface area contributed by atoms with Crippen LogP contribution in [0.25, 0.3) is 22.0 Å². The fourth-order valence-electron chi connectivity index (χ4n) is 3.90. The molecular formula is C27H20N2O2. The number of hydrogen-bond donors (Lipinski definition) is 0. The lowest BCUT2D eigenvalue weighted by molar-refractivity contribution is 0.0733. The van der Waals surface area contributed by atoms with Gasteiger partial charge in [-0.15, -0.1) is 6.42 Å². The standard InChI is InChI=1S/C27H20N2O2/c1-2-19-6-5-8-22(14-19)27(30)29-12-13-31-26-11-10-20(15-24(26)18-29)23-16-21-7-3-4-9-25(21)28-17-23/h1,3-11,14-17H,12-13,18H2. The summed E-state index contributed by atoms with van der Waals surface area (Å²) >= 11 is 0. The van der Waals surface area contributed by atoms with E-state index < -0.39 is 0 Å². The maximum atomic E-state index is 13.1. The van der Waals surface area contributed by atoms with Gasteiger partial charge in [-0.25, -0.2) is 0 Å². The summed E-state index contributed by atoms with van der Waals surface area (Å²) in [7, 11) is 0. The zero-order valence-electron chi connectivity index (χ0n) is 16.9. The van der Waals surface area contributed by atoms with Gasteiger partial charge in [-0.1, -0.05) is 36.3 Å². The number of ether oxygens (including phenoxy) is 1. The Morgan fingerprint density at radius 3 is 2.81 bits per heavy atom. The third-order valence-electron chi connectivity index (χ3n) is 5.53. The Balaban J connectivity index is 1.47. The molecule has 0 saturated heterocycles. The molecule has 3 aromatic carbocycles. The summed E-state index contributed by atoms with van der Waals surface area (Å²) in [4.78, 5) is 19.5. The van der Waals surface area contributed by atoms with Crippen molar-refractivity contribution in [1.29, 1.82) is 0 Å². The van der Waals surface area contributed by atoms with E-state index in [1.54, 1.807) is 12.1 Å². The van der Waals surface area contributed by atoms with Gasteiger partial charge >= 0.3 is 0 Å². The van der Waals surface area contributed by atoms with Gasteiger partial charge in [-0.3, -0.25) is 9.78 Å². The molecule has 0 saturated carbocycles. The van der Waals surface area contributed by atoms with E-state index in [-0.39, 0.29) is 5.91 Å². The average molecular weight is 404 g/mol. The fraction of sp³-hybridized carbons (Fsp3) is 0.111. The Labute approximate surface area is 181 Å². The number of rotatable bonds is 2. The maximum absolute atomic E-state index is 13.1. The lowest BCUT2D eigenvalue weighted by Gasteiger charge is -2.20. The van der Waals surface area contributed by atoms with Crippen molar-refractivity contribution in [2.45, 2.75) is 6.54 Å². The van der Waals surface area contributed by atoms with Crippen LogP contribution in [0, 0.1) is 12.3 Å². The van der Waals surface area contributed by atoms with Crippen LogP contribution in [0.2, 0.25) is 0 Å². The van der Waals surface area contributed by atoms with E-state index in [9.17, 15) is 4.79 Å². The molecule has 0 unspecified atom stereocenters. The molecule has 0 atom stereocenters. The lowest BCUT2D eigenvalue weighted by atomic mass is 10.0. The number of carbonyl (C=O) groups excluding carboxylic acids is 1. The normalized spacial score (nSPS) is 13.1.